The fourth-order valence-corrected chi connectivity index (χ4v) is 2.80. The molecule has 0 aromatic heterocycles. The molecule has 16 heavy (non-hydrogen) atoms. The van der Waals surface area contributed by atoms with Crippen LogP contribution in [0.25, 0.3) is 0 Å². The predicted octanol–water partition coefficient (Wildman–Crippen LogP) is 0.293. The van der Waals surface area contributed by atoms with Crippen molar-refractivity contribution < 1.29 is 4.79 Å². The normalized spacial score (nSPS) is 24.3. The Kier molecular flexibility index (Phi) is 4.18. The van der Waals surface area contributed by atoms with Gasteiger partial charge in [-0.1, -0.05) is 12.8 Å². The molecule has 92 valence electrons. The summed E-state index contributed by atoms with van der Waals surface area (Å²) in [6.07, 6.45) is 5.06. The minimum atomic E-state index is 0.342. The number of hydrogen-bond acceptors (Lipinski definition) is 3. The third-order valence-corrected chi connectivity index (χ3v) is 3.78. The number of piperazine rings is 1. The van der Waals surface area contributed by atoms with Crippen molar-refractivity contribution in [3.8, 4) is 0 Å². The second-order valence-electron chi connectivity index (χ2n) is 4.91. The van der Waals surface area contributed by atoms with Gasteiger partial charge in [-0.25, -0.2) is 0 Å². The maximum atomic E-state index is 12.0. The molecule has 1 N–H and O–H groups in total. The molecule has 1 aliphatic carbocycles. The molecule has 1 aliphatic heterocycles. The summed E-state index contributed by atoms with van der Waals surface area (Å²) in [4.78, 5) is 16.4. The highest BCUT2D eigenvalue weighted by molar-refractivity contribution is 5.79. The summed E-state index contributed by atoms with van der Waals surface area (Å²) in [5.41, 5.74) is 0. The summed E-state index contributed by atoms with van der Waals surface area (Å²) in [7, 11) is 1.95. The van der Waals surface area contributed by atoms with Gasteiger partial charge in [0.1, 0.15) is 0 Å². The quantitative estimate of drug-likeness (QED) is 0.747. The van der Waals surface area contributed by atoms with E-state index in [4.69, 9.17) is 0 Å². The molecule has 0 aromatic rings. The van der Waals surface area contributed by atoms with Gasteiger partial charge in [0, 0.05) is 32.2 Å². The van der Waals surface area contributed by atoms with Gasteiger partial charge in [-0.05, 0) is 19.9 Å². The van der Waals surface area contributed by atoms with Crippen molar-refractivity contribution in [3.05, 3.63) is 0 Å². The van der Waals surface area contributed by atoms with Crippen molar-refractivity contribution in [2.45, 2.75) is 31.7 Å². The summed E-state index contributed by atoms with van der Waals surface area (Å²) < 4.78 is 0. The third-order valence-electron chi connectivity index (χ3n) is 3.78. The van der Waals surface area contributed by atoms with E-state index in [0.29, 0.717) is 18.5 Å². The average Bonchev–Trinajstić information content (AvgIpc) is 2.80. The Morgan fingerprint density at radius 3 is 2.69 bits per heavy atom. The van der Waals surface area contributed by atoms with E-state index in [1.807, 2.05) is 7.05 Å². The van der Waals surface area contributed by atoms with Crippen molar-refractivity contribution in [1.29, 1.82) is 0 Å². The second-order valence-corrected chi connectivity index (χ2v) is 4.91. The molecule has 1 saturated carbocycles. The van der Waals surface area contributed by atoms with Crippen LogP contribution in [0.2, 0.25) is 0 Å². The summed E-state index contributed by atoms with van der Waals surface area (Å²) in [6, 6.07) is 0.555. The molecule has 0 unspecified atom stereocenters. The Bertz CT molecular complexity index is 238. The van der Waals surface area contributed by atoms with Gasteiger partial charge in [-0.15, -0.1) is 0 Å². The molecule has 1 heterocycles. The van der Waals surface area contributed by atoms with Gasteiger partial charge in [-0.3, -0.25) is 9.69 Å². The molecular formula is C12H23N3O. The zero-order chi connectivity index (χ0) is 11.4. The first-order chi connectivity index (χ1) is 7.81. The van der Waals surface area contributed by atoms with E-state index in [1.54, 1.807) is 0 Å². The molecule has 1 amide bonds. The standard InChI is InChI=1S/C12H23N3O/c1-13-6-7-14-8-9-15(12(16)10-14)11-4-2-3-5-11/h11,13H,2-10H2,1H3. The molecule has 2 rings (SSSR count). The highest BCUT2D eigenvalue weighted by atomic mass is 16.2. The van der Waals surface area contributed by atoms with Crippen LogP contribution in [0.15, 0.2) is 0 Å². The van der Waals surface area contributed by atoms with E-state index in [2.05, 4.69) is 15.1 Å². The van der Waals surface area contributed by atoms with Crippen LogP contribution in [-0.2, 0) is 4.79 Å². The number of hydrogen-bond donors (Lipinski definition) is 1. The lowest BCUT2D eigenvalue weighted by Gasteiger charge is -2.37. The van der Waals surface area contributed by atoms with Crippen LogP contribution in [0, 0.1) is 0 Å². The maximum absolute atomic E-state index is 12.0. The Hall–Kier alpha value is -0.610. The molecule has 4 heteroatoms. The lowest BCUT2D eigenvalue weighted by Crippen LogP contribution is -2.54. The smallest absolute Gasteiger partial charge is 0.237 e. The average molecular weight is 225 g/mol. The van der Waals surface area contributed by atoms with E-state index < -0.39 is 0 Å². The van der Waals surface area contributed by atoms with Gasteiger partial charge in [0.05, 0.1) is 6.54 Å². The number of amides is 1. The third kappa shape index (κ3) is 2.74. The Labute approximate surface area is 98.0 Å². The van der Waals surface area contributed by atoms with Crippen molar-refractivity contribution in [2.24, 2.45) is 0 Å². The van der Waals surface area contributed by atoms with Crippen molar-refractivity contribution in [2.75, 3.05) is 39.8 Å². The van der Waals surface area contributed by atoms with E-state index in [-0.39, 0.29) is 0 Å². The lowest BCUT2D eigenvalue weighted by atomic mass is 10.1. The number of carbonyl (C=O) groups is 1. The predicted molar refractivity (Wildman–Crippen MR) is 64.3 cm³/mol. The van der Waals surface area contributed by atoms with E-state index in [1.165, 1.54) is 25.7 Å². The van der Waals surface area contributed by atoms with Crippen LogP contribution in [0.1, 0.15) is 25.7 Å². The number of likely N-dealkylation sites (N-methyl/N-ethyl adjacent to an activating group) is 1. The highest BCUT2D eigenvalue weighted by Gasteiger charge is 2.30. The van der Waals surface area contributed by atoms with Crippen LogP contribution in [0.3, 0.4) is 0 Å². The largest absolute Gasteiger partial charge is 0.337 e. The zero-order valence-corrected chi connectivity index (χ0v) is 10.2. The highest BCUT2D eigenvalue weighted by Crippen LogP contribution is 2.24. The van der Waals surface area contributed by atoms with Crippen LogP contribution in [-0.4, -0.2) is 61.5 Å². The first kappa shape index (κ1) is 11.9. The summed E-state index contributed by atoms with van der Waals surface area (Å²) in [6.45, 7) is 4.56. The Balaban J connectivity index is 1.80. The molecule has 2 fully saturated rings. The number of rotatable bonds is 4. The molecule has 0 bridgehead atoms. The summed E-state index contributed by atoms with van der Waals surface area (Å²) in [5.74, 6) is 0.342. The number of nitrogens with one attached hydrogen (secondary N) is 1. The molecule has 2 aliphatic rings. The molecular weight excluding hydrogens is 202 g/mol. The minimum Gasteiger partial charge on any atom is -0.337 e. The van der Waals surface area contributed by atoms with Gasteiger partial charge in [0.25, 0.3) is 0 Å². The zero-order valence-electron chi connectivity index (χ0n) is 10.2. The molecule has 0 radical (unpaired) electrons. The van der Waals surface area contributed by atoms with Crippen molar-refractivity contribution >= 4 is 5.91 Å². The van der Waals surface area contributed by atoms with Crippen LogP contribution < -0.4 is 5.32 Å². The molecule has 0 spiro atoms. The van der Waals surface area contributed by atoms with Crippen molar-refractivity contribution in [1.82, 2.24) is 15.1 Å². The molecule has 0 aromatic carbocycles. The van der Waals surface area contributed by atoms with Crippen LogP contribution >= 0.6 is 0 Å². The van der Waals surface area contributed by atoms with Crippen LogP contribution in [0.4, 0.5) is 0 Å². The minimum absolute atomic E-state index is 0.342. The van der Waals surface area contributed by atoms with Gasteiger partial charge < -0.3 is 10.2 Å². The molecule has 1 saturated heterocycles. The number of nitrogens with zero attached hydrogens (tertiary/aromatic N) is 2. The van der Waals surface area contributed by atoms with Crippen molar-refractivity contribution in [3.63, 3.8) is 0 Å². The van der Waals surface area contributed by atoms with Gasteiger partial charge in [0.15, 0.2) is 0 Å². The Morgan fingerprint density at radius 2 is 2.06 bits per heavy atom. The fourth-order valence-electron chi connectivity index (χ4n) is 2.80. The molecule has 4 nitrogen and oxygen atoms in total. The van der Waals surface area contributed by atoms with E-state index >= 15 is 0 Å². The monoisotopic (exact) mass is 225 g/mol. The number of carbonyl (C=O) groups excluding carboxylic acids is 1. The summed E-state index contributed by atoms with van der Waals surface area (Å²) in [5, 5.41) is 3.13. The van der Waals surface area contributed by atoms with Gasteiger partial charge in [-0.2, -0.15) is 0 Å². The maximum Gasteiger partial charge on any atom is 0.237 e. The lowest BCUT2D eigenvalue weighted by molar-refractivity contribution is -0.138. The van der Waals surface area contributed by atoms with E-state index in [9.17, 15) is 4.79 Å². The second kappa shape index (κ2) is 5.64. The van der Waals surface area contributed by atoms with Gasteiger partial charge in [0.2, 0.25) is 5.91 Å². The topological polar surface area (TPSA) is 35.6 Å². The Morgan fingerprint density at radius 1 is 1.31 bits per heavy atom. The molecule has 0 atom stereocenters. The van der Waals surface area contributed by atoms with Crippen LogP contribution in [0.5, 0.6) is 0 Å². The van der Waals surface area contributed by atoms with E-state index in [0.717, 1.165) is 26.2 Å². The summed E-state index contributed by atoms with van der Waals surface area (Å²) >= 11 is 0. The first-order valence-electron chi connectivity index (χ1n) is 6.47. The SMILES string of the molecule is CNCCN1CCN(C2CCCC2)C(=O)C1. The fraction of sp³-hybridized carbons (Fsp3) is 0.917. The van der Waals surface area contributed by atoms with Gasteiger partial charge >= 0.3 is 0 Å². The first-order valence-corrected chi connectivity index (χ1v) is 6.47.